The minimum Gasteiger partial charge on any atom is -0.466 e. The van der Waals surface area contributed by atoms with Crippen LogP contribution < -0.4 is 0 Å². The molecule has 0 saturated carbocycles. The van der Waals surface area contributed by atoms with Gasteiger partial charge in [-0.2, -0.15) is 0 Å². The number of carbonyl (C=O) groups is 1. The monoisotopic (exact) mass is 458 g/mol. The Kier molecular flexibility index (Phi) is 8.28. The third-order valence-electron chi connectivity index (χ3n) is 5.44. The van der Waals surface area contributed by atoms with E-state index in [1.54, 1.807) is 0 Å². The van der Waals surface area contributed by atoms with Crippen molar-refractivity contribution in [2.24, 2.45) is 5.92 Å². The number of carbonyl (C=O) groups excluding carboxylic acids is 1. The Morgan fingerprint density at radius 3 is 1.91 bits per heavy atom. The van der Waals surface area contributed by atoms with E-state index in [1.165, 1.54) is 0 Å². The average Bonchev–Trinajstić information content (AvgIpc) is 2.81. The summed E-state index contributed by atoms with van der Waals surface area (Å²) in [4.78, 5) is 12.2. The van der Waals surface area contributed by atoms with E-state index in [9.17, 15) is 4.79 Å². The van der Waals surface area contributed by atoms with Gasteiger partial charge in [-0.3, -0.25) is 4.79 Å². The zero-order chi connectivity index (χ0) is 23.9. The highest BCUT2D eigenvalue weighted by Crippen LogP contribution is 2.42. The molecular weight excluding hydrogens is 424 g/mol. The van der Waals surface area contributed by atoms with Crippen LogP contribution >= 0.6 is 0 Å². The molecule has 3 aromatic rings. The highest BCUT2D eigenvalue weighted by atomic mass is 28.2. The van der Waals surface area contributed by atoms with Crippen LogP contribution in [0.2, 0.25) is 5.04 Å². The number of rotatable bonds is 9. The number of hydrogen-bond donors (Lipinski definition) is 0. The first-order valence-electron chi connectivity index (χ1n) is 11.6. The van der Waals surface area contributed by atoms with Crippen molar-refractivity contribution in [2.75, 3.05) is 6.61 Å². The van der Waals surface area contributed by atoms with Gasteiger partial charge < -0.3 is 9.16 Å². The lowest BCUT2D eigenvalue weighted by Crippen LogP contribution is -2.36. The molecule has 0 aromatic heterocycles. The van der Waals surface area contributed by atoms with Crippen LogP contribution in [0.25, 0.3) is 0 Å². The summed E-state index contributed by atoms with van der Waals surface area (Å²) < 4.78 is 12.2. The van der Waals surface area contributed by atoms with Gasteiger partial charge in [0.25, 0.3) is 0 Å². The lowest BCUT2D eigenvalue weighted by molar-refractivity contribution is -0.147. The number of hydrogen-bond acceptors (Lipinski definition) is 3. The van der Waals surface area contributed by atoms with Crippen molar-refractivity contribution in [3.8, 4) is 0 Å². The van der Waals surface area contributed by atoms with E-state index in [1.807, 2.05) is 26.0 Å². The summed E-state index contributed by atoms with van der Waals surface area (Å²) in [6.07, 6.45) is 0.619. The summed E-state index contributed by atoms with van der Waals surface area (Å²) in [5.74, 6) is -0.369. The van der Waals surface area contributed by atoms with Gasteiger partial charge in [0.05, 0.1) is 12.5 Å². The van der Waals surface area contributed by atoms with E-state index in [2.05, 4.69) is 93.6 Å². The number of ether oxygens (including phenoxy) is 1. The van der Waals surface area contributed by atoms with Crippen molar-refractivity contribution in [2.45, 2.75) is 51.7 Å². The lowest BCUT2D eigenvalue weighted by atomic mass is 9.79. The molecule has 4 heteroatoms. The predicted molar refractivity (Wildman–Crippen MR) is 135 cm³/mol. The average molecular weight is 459 g/mol. The number of esters is 1. The zero-order valence-electron chi connectivity index (χ0n) is 20.3. The van der Waals surface area contributed by atoms with Crippen molar-refractivity contribution in [3.63, 3.8) is 0 Å². The molecule has 0 amide bonds. The van der Waals surface area contributed by atoms with Gasteiger partial charge in [0.2, 0.25) is 9.76 Å². The van der Waals surface area contributed by atoms with Gasteiger partial charge >= 0.3 is 5.97 Å². The Balaban J connectivity index is 2.14. The molecule has 2 radical (unpaired) electrons. The molecule has 33 heavy (non-hydrogen) atoms. The second-order valence-electron chi connectivity index (χ2n) is 9.42. The van der Waals surface area contributed by atoms with E-state index in [4.69, 9.17) is 9.16 Å². The molecule has 1 unspecified atom stereocenters. The molecule has 0 aliphatic rings. The van der Waals surface area contributed by atoms with Gasteiger partial charge in [-0.05, 0) is 40.6 Å². The van der Waals surface area contributed by atoms with Crippen molar-refractivity contribution in [3.05, 3.63) is 107 Å². The summed E-state index contributed by atoms with van der Waals surface area (Å²) in [6.45, 7) is 10.8. The Morgan fingerprint density at radius 1 is 0.848 bits per heavy atom. The van der Waals surface area contributed by atoms with Crippen LogP contribution in [0.15, 0.2) is 84.9 Å². The highest BCUT2D eigenvalue weighted by molar-refractivity contribution is 6.32. The van der Waals surface area contributed by atoms with Crippen LogP contribution in [0.5, 0.6) is 0 Å². The van der Waals surface area contributed by atoms with Crippen molar-refractivity contribution in [1.29, 1.82) is 0 Å². The largest absolute Gasteiger partial charge is 0.466 e. The Morgan fingerprint density at radius 2 is 1.39 bits per heavy atom. The fourth-order valence-electron chi connectivity index (χ4n) is 3.89. The summed E-state index contributed by atoms with van der Waals surface area (Å²) in [7, 11) is 0.284. The second-order valence-corrected chi connectivity index (χ2v) is 11.3. The molecule has 0 aliphatic heterocycles. The van der Waals surface area contributed by atoms with Gasteiger partial charge in [0, 0.05) is 0 Å². The smallest absolute Gasteiger partial charge is 0.308 e. The van der Waals surface area contributed by atoms with Gasteiger partial charge in [0.15, 0.2) is 0 Å². The Bertz CT molecular complexity index is 986. The number of benzene rings is 3. The first-order valence-corrected chi connectivity index (χ1v) is 12.5. The van der Waals surface area contributed by atoms with Crippen molar-refractivity contribution >= 4 is 15.7 Å². The molecule has 0 N–H and O–H groups in total. The molecule has 0 bridgehead atoms. The van der Waals surface area contributed by atoms with E-state index in [0.717, 1.165) is 22.3 Å². The lowest BCUT2D eigenvalue weighted by Gasteiger charge is -2.38. The maximum absolute atomic E-state index is 12.2. The van der Waals surface area contributed by atoms with Gasteiger partial charge in [-0.1, -0.05) is 113 Å². The normalized spacial score (nSPS) is 12.9. The van der Waals surface area contributed by atoms with E-state index >= 15 is 0 Å². The highest BCUT2D eigenvalue weighted by Gasteiger charge is 2.39. The molecule has 0 heterocycles. The minimum absolute atomic E-state index is 0.0187. The van der Waals surface area contributed by atoms with Crippen molar-refractivity contribution in [1.82, 2.24) is 0 Å². The molecule has 0 spiro atoms. The van der Waals surface area contributed by atoms with Crippen molar-refractivity contribution < 1.29 is 14.0 Å². The summed E-state index contributed by atoms with van der Waals surface area (Å²) >= 11 is 0. The minimum atomic E-state index is -0.753. The molecule has 3 nitrogen and oxygen atoms in total. The van der Waals surface area contributed by atoms with E-state index in [-0.39, 0.29) is 26.7 Å². The van der Waals surface area contributed by atoms with E-state index < -0.39 is 5.60 Å². The fraction of sp³-hybridized carbons (Fsp3) is 0.345. The summed E-state index contributed by atoms with van der Waals surface area (Å²) in [6, 6.07) is 29.3. The molecular formula is C29H34O3Si. The van der Waals surface area contributed by atoms with Gasteiger partial charge in [0.1, 0.15) is 5.60 Å². The van der Waals surface area contributed by atoms with Crippen LogP contribution in [0.1, 0.15) is 56.9 Å². The molecule has 1 atom stereocenters. The molecule has 3 rings (SSSR count). The SMILES string of the molecule is CCOC(=O)C(C)Cc1cccc(C(O[Si]C(C)(C)C)(c2ccccc2)c2ccccc2)c1. The summed E-state index contributed by atoms with van der Waals surface area (Å²) in [5.41, 5.74) is 3.57. The molecule has 3 aromatic carbocycles. The first-order chi connectivity index (χ1) is 15.8. The van der Waals surface area contributed by atoms with Crippen LogP contribution in [-0.2, 0) is 26.0 Å². The van der Waals surface area contributed by atoms with Crippen LogP contribution in [-0.4, -0.2) is 22.3 Å². The Hall–Kier alpha value is -2.69. The van der Waals surface area contributed by atoms with Gasteiger partial charge in [-0.15, -0.1) is 0 Å². The van der Waals surface area contributed by atoms with Crippen LogP contribution in [0.3, 0.4) is 0 Å². The van der Waals surface area contributed by atoms with Crippen LogP contribution in [0, 0.1) is 5.92 Å². The third-order valence-corrected chi connectivity index (χ3v) is 6.46. The standard InChI is InChI=1S/C29H34O3Si/c1-6-31-27(30)22(2)20-23-14-13-19-26(21-23)29(32-33-28(3,4)5,24-15-9-7-10-16-24)25-17-11-8-12-18-25/h7-19,21-22H,6,20H2,1-5H3. The van der Waals surface area contributed by atoms with E-state index in [0.29, 0.717) is 13.0 Å². The van der Waals surface area contributed by atoms with Gasteiger partial charge in [-0.25, -0.2) is 0 Å². The molecule has 0 aliphatic carbocycles. The molecule has 0 fully saturated rings. The predicted octanol–water partition coefficient (Wildman–Crippen LogP) is 6.57. The maximum Gasteiger partial charge on any atom is 0.308 e. The second kappa shape index (κ2) is 11.0. The maximum atomic E-state index is 12.2. The third kappa shape index (κ3) is 6.21. The topological polar surface area (TPSA) is 35.5 Å². The molecule has 172 valence electrons. The first kappa shape index (κ1) is 24.9. The van der Waals surface area contributed by atoms with Crippen LogP contribution in [0.4, 0.5) is 0 Å². The zero-order valence-corrected chi connectivity index (χ0v) is 21.3. The summed E-state index contributed by atoms with van der Waals surface area (Å²) in [5, 5.41) is 0.0187. The Labute approximate surface area is 201 Å². The quantitative estimate of drug-likeness (QED) is 0.206. The molecule has 0 saturated heterocycles. The fourth-order valence-corrected chi connectivity index (χ4v) is 4.70.